The van der Waals surface area contributed by atoms with Gasteiger partial charge in [0, 0.05) is 10.9 Å². The van der Waals surface area contributed by atoms with Gasteiger partial charge in [-0.05, 0) is 31.4 Å². The van der Waals surface area contributed by atoms with Crippen molar-refractivity contribution in [2.24, 2.45) is 0 Å². The number of carbonyl (C=O) groups is 2. The quantitative estimate of drug-likeness (QED) is 0.818. The first kappa shape index (κ1) is 15.6. The zero-order valence-corrected chi connectivity index (χ0v) is 13.6. The van der Waals surface area contributed by atoms with Crippen molar-refractivity contribution in [3.8, 4) is 10.4 Å². The molecule has 0 aliphatic heterocycles. The van der Waals surface area contributed by atoms with E-state index in [0.717, 1.165) is 23.3 Å². The van der Waals surface area contributed by atoms with Crippen molar-refractivity contribution in [1.82, 2.24) is 5.32 Å². The Kier molecular flexibility index (Phi) is 4.62. The molecule has 1 aromatic carbocycles. The Morgan fingerprint density at radius 1 is 1.26 bits per heavy atom. The highest BCUT2D eigenvalue weighted by Crippen LogP contribution is 2.36. The molecule has 1 aliphatic carbocycles. The molecule has 3 rings (SSSR count). The predicted octanol–water partition coefficient (Wildman–Crippen LogP) is 3.88. The van der Waals surface area contributed by atoms with Gasteiger partial charge in [-0.25, -0.2) is 9.59 Å². The third kappa shape index (κ3) is 3.90. The Bertz CT molecular complexity index is 708. The molecular weight excluding hydrogens is 312 g/mol. The number of ether oxygens (including phenoxy) is 1. The molecule has 5 nitrogen and oxygen atoms in total. The second-order valence-corrected chi connectivity index (χ2v) is 6.36. The van der Waals surface area contributed by atoms with Crippen molar-refractivity contribution in [2.75, 3.05) is 11.9 Å². The van der Waals surface area contributed by atoms with E-state index in [4.69, 9.17) is 4.74 Å². The highest BCUT2D eigenvalue weighted by Gasteiger charge is 2.25. The second-order valence-electron chi connectivity index (χ2n) is 5.31. The molecule has 2 aromatic rings. The first-order valence-corrected chi connectivity index (χ1v) is 8.43. The Labute approximate surface area is 138 Å². The molecule has 0 radical (unpaired) electrons. The maximum absolute atomic E-state index is 12.1. The van der Waals surface area contributed by atoms with Gasteiger partial charge in [0.2, 0.25) is 0 Å². The summed E-state index contributed by atoms with van der Waals surface area (Å²) in [6.45, 7) is 2.05. The van der Waals surface area contributed by atoms with Gasteiger partial charge in [0.25, 0.3) is 0 Å². The van der Waals surface area contributed by atoms with Crippen molar-refractivity contribution < 1.29 is 14.3 Å². The normalized spacial score (nSPS) is 13.4. The fraction of sp³-hybridized carbons (Fsp3) is 0.294. The van der Waals surface area contributed by atoms with Crippen molar-refractivity contribution in [2.45, 2.75) is 25.8 Å². The summed E-state index contributed by atoms with van der Waals surface area (Å²) in [6.07, 6.45) is 2.02. The molecule has 0 spiro atoms. The SMILES string of the molecule is CCOC(=O)c1cc(-c2ccccc2)sc1NC(=O)NC1CC1. The number of benzene rings is 1. The van der Waals surface area contributed by atoms with E-state index < -0.39 is 5.97 Å². The van der Waals surface area contributed by atoms with E-state index in [-0.39, 0.29) is 12.1 Å². The predicted molar refractivity (Wildman–Crippen MR) is 90.9 cm³/mol. The van der Waals surface area contributed by atoms with Crippen molar-refractivity contribution >= 4 is 28.3 Å². The maximum atomic E-state index is 12.1. The first-order chi connectivity index (χ1) is 11.2. The number of hydrogen-bond donors (Lipinski definition) is 2. The van der Waals surface area contributed by atoms with E-state index in [2.05, 4.69) is 10.6 Å². The van der Waals surface area contributed by atoms with Gasteiger partial charge in [-0.15, -0.1) is 11.3 Å². The summed E-state index contributed by atoms with van der Waals surface area (Å²) in [7, 11) is 0. The van der Waals surface area contributed by atoms with E-state index in [0.29, 0.717) is 17.2 Å². The Morgan fingerprint density at radius 2 is 2.00 bits per heavy atom. The minimum Gasteiger partial charge on any atom is -0.462 e. The van der Waals surface area contributed by atoms with Gasteiger partial charge >= 0.3 is 12.0 Å². The minimum atomic E-state index is -0.423. The average Bonchev–Trinajstić information content (AvgIpc) is 3.25. The van der Waals surface area contributed by atoms with Crippen molar-refractivity contribution in [1.29, 1.82) is 0 Å². The number of carbonyl (C=O) groups excluding carboxylic acids is 2. The summed E-state index contributed by atoms with van der Waals surface area (Å²) >= 11 is 1.37. The lowest BCUT2D eigenvalue weighted by Gasteiger charge is -2.06. The Balaban J connectivity index is 1.86. The van der Waals surface area contributed by atoms with Crippen LogP contribution in [0, 0.1) is 0 Å². The zero-order chi connectivity index (χ0) is 16.2. The first-order valence-electron chi connectivity index (χ1n) is 7.61. The van der Waals surface area contributed by atoms with Gasteiger partial charge in [-0.1, -0.05) is 30.3 Å². The van der Waals surface area contributed by atoms with Gasteiger partial charge in [0.05, 0.1) is 12.2 Å². The van der Waals surface area contributed by atoms with Crippen LogP contribution in [0.4, 0.5) is 9.80 Å². The van der Waals surface area contributed by atoms with E-state index in [1.807, 2.05) is 30.3 Å². The zero-order valence-electron chi connectivity index (χ0n) is 12.8. The van der Waals surface area contributed by atoms with Crippen LogP contribution in [0.3, 0.4) is 0 Å². The summed E-state index contributed by atoms with van der Waals surface area (Å²) < 4.78 is 5.09. The van der Waals surface area contributed by atoms with Gasteiger partial charge < -0.3 is 10.1 Å². The maximum Gasteiger partial charge on any atom is 0.341 e. The van der Waals surface area contributed by atoms with E-state index >= 15 is 0 Å². The number of thiophene rings is 1. The lowest BCUT2D eigenvalue weighted by Crippen LogP contribution is -2.30. The van der Waals surface area contributed by atoms with Gasteiger partial charge in [0.15, 0.2) is 0 Å². The molecule has 1 saturated carbocycles. The van der Waals surface area contributed by atoms with Crippen LogP contribution in [0.25, 0.3) is 10.4 Å². The van der Waals surface area contributed by atoms with Crippen LogP contribution < -0.4 is 10.6 Å². The highest BCUT2D eigenvalue weighted by atomic mass is 32.1. The minimum absolute atomic E-state index is 0.259. The number of anilines is 1. The molecule has 0 bridgehead atoms. The molecule has 120 valence electrons. The van der Waals surface area contributed by atoms with Crippen LogP contribution in [0.1, 0.15) is 30.1 Å². The van der Waals surface area contributed by atoms with Crippen LogP contribution in [-0.2, 0) is 4.74 Å². The number of esters is 1. The van der Waals surface area contributed by atoms with Crippen molar-refractivity contribution in [3.63, 3.8) is 0 Å². The van der Waals surface area contributed by atoms with E-state index in [1.165, 1.54) is 11.3 Å². The molecule has 2 amide bonds. The molecule has 1 aliphatic rings. The Hall–Kier alpha value is -2.34. The number of urea groups is 1. The summed E-state index contributed by atoms with van der Waals surface area (Å²) in [6, 6.07) is 11.5. The highest BCUT2D eigenvalue weighted by molar-refractivity contribution is 7.20. The topological polar surface area (TPSA) is 67.4 Å². The molecule has 6 heteroatoms. The summed E-state index contributed by atoms with van der Waals surface area (Å²) in [5, 5.41) is 6.15. The fourth-order valence-electron chi connectivity index (χ4n) is 2.14. The second kappa shape index (κ2) is 6.83. The number of amides is 2. The molecular formula is C17H18N2O3S. The summed E-state index contributed by atoms with van der Waals surface area (Å²) in [4.78, 5) is 25.0. The Morgan fingerprint density at radius 3 is 2.65 bits per heavy atom. The summed E-state index contributed by atoms with van der Waals surface area (Å²) in [5.41, 5.74) is 1.39. The molecule has 0 saturated heterocycles. The van der Waals surface area contributed by atoms with Gasteiger partial charge in [0.1, 0.15) is 5.00 Å². The average molecular weight is 330 g/mol. The molecule has 0 unspecified atom stereocenters. The summed E-state index contributed by atoms with van der Waals surface area (Å²) in [5.74, 6) is -0.423. The number of hydrogen-bond acceptors (Lipinski definition) is 4. The lowest BCUT2D eigenvalue weighted by molar-refractivity contribution is 0.0528. The van der Waals surface area contributed by atoms with Crippen LogP contribution in [0.5, 0.6) is 0 Å². The molecule has 2 N–H and O–H groups in total. The lowest BCUT2D eigenvalue weighted by atomic mass is 10.1. The van der Waals surface area contributed by atoms with Crippen LogP contribution >= 0.6 is 11.3 Å². The van der Waals surface area contributed by atoms with Crippen molar-refractivity contribution in [3.05, 3.63) is 42.0 Å². The molecule has 1 aromatic heterocycles. The smallest absolute Gasteiger partial charge is 0.341 e. The third-order valence-electron chi connectivity index (χ3n) is 3.43. The van der Waals surface area contributed by atoms with Gasteiger partial charge in [-0.2, -0.15) is 0 Å². The number of rotatable bonds is 5. The molecule has 1 heterocycles. The standard InChI is InChI=1S/C17H18N2O3S/c1-2-22-16(20)13-10-14(11-6-4-3-5-7-11)23-15(13)19-17(21)18-12-8-9-12/h3-7,10,12H,2,8-9H2,1H3,(H2,18,19,21). The molecule has 1 fully saturated rings. The van der Waals surface area contributed by atoms with Crippen LogP contribution in [-0.4, -0.2) is 24.6 Å². The van der Waals surface area contributed by atoms with Crippen LogP contribution in [0.15, 0.2) is 36.4 Å². The number of nitrogens with one attached hydrogen (secondary N) is 2. The molecule has 0 atom stereocenters. The monoisotopic (exact) mass is 330 g/mol. The van der Waals surface area contributed by atoms with Crippen LogP contribution in [0.2, 0.25) is 0 Å². The fourth-order valence-corrected chi connectivity index (χ4v) is 3.19. The largest absolute Gasteiger partial charge is 0.462 e. The third-order valence-corrected chi connectivity index (χ3v) is 4.52. The van der Waals surface area contributed by atoms with E-state index in [9.17, 15) is 9.59 Å². The van der Waals surface area contributed by atoms with Gasteiger partial charge in [-0.3, -0.25) is 5.32 Å². The van der Waals surface area contributed by atoms with E-state index in [1.54, 1.807) is 13.0 Å². The molecule has 23 heavy (non-hydrogen) atoms.